The average molecular weight is 421 g/mol. The Bertz CT molecular complexity index is 906. The summed E-state index contributed by atoms with van der Waals surface area (Å²) in [4.78, 5) is 11.0. The highest BCUT2D eigenvalue weighted by atomic mass is 32.2. The minimum Gasteiger partial charge on any atom is -0.364 e. The molecule has 0 bridgehead atoms. The predicted molar refractivity (Wildman–Crippen MR) is 111 cm³/mol. The lowest BCUT2D eigenvalue weighted by Crippen LogP contribution is -2.54. The maximum atomic E-state index is 12.6. The van der Waals surface area contributed by atoms with E-state index in [4.69, 9.17) is 9.52 Å². The van der Waals surface area contributed by atoms with Crippen molar-refractivity contribution in [2.24, 2.45) is 4.99 Å². The van der Waals surface area contributed by atoms with Crippen LogP contribution in [-0.4, -0.2) is 73.0 Å². The third-order valence-corrected chi connectivity index (χ3v) is 6.68. The summed E-state index contributed by atoms with van der Waals surface area (Å²) in [6.45, 7) is 7.55. The molecule has 3 heterocycles. The quantitative estimate of drug-likeness (QED) is 0.527. The first-order valence-corrected chi connectivity index (χ1v) is 11.4. The highest BCUT2D eigenvalue weighted by Gasteiger charge is 2.28. The van der Waals surface area contributed by atoms with E-state index in [9.17, 15) is 8.42 Å². The molecular weight excluding hydrogens is 392 g/mol. The molecule has 0 saturated carbocycles. The van der Waals surface area contributed by atoms with Crippen LogP contribution in [0.2, 0.25) is 0 Å². The van der Waals surface area contributed by atoms with Crippen molar-refractivity contribution in [2.45, 2.75) is 26.0 Å². The molecule has 0 amide bonds. The third-order valence-electron chi connectivity index (χ3n) is 4.87. The number of rotatable bonds is 7. The fourth-order valence-electron chi connectivity index (χ4n) is 3.26. The van der Waals surface area contributed by atoms with Crippen molar-refractivity contribution in [3.8, 4) is 0 Å². The summed E-state index contributed by atoms with van der Waals surface area (Å²) in [6.07, 6.45) is 5.89. The molecule has 29 heavy (non-hydrogen) atoms. The van der Waals surface area contributed by atoms with Gasteiger partial charge in [-0.15, -0.1) is 0 Å². The first-order valence-electron chi connectivity index (χ1n) is 9.79. The zero-order valence-electron chi connectivity index (χ0n) is 16.9. The van der Waals surface area contributed by atoms with Crippen molar-refractivity contribution in [3.63, 3.8) is 0 Å². The van der Waals surface area contributed by atoms with Gasteiger partial charge in [0.1, 0.15) is 12.0 Å². The second-order valence-corrected chi connectivity index (χ2v) is 8.89. The molecule has 10 heteroatoms. The Morgan fingerprint density at radius 2 is 2.07 bits per heavy atom. The van der Waals surface area contributed by atoms with E-state index in [1.54, 1.807) is 12.3 Å². The second kappa shape index (κ2) is 9.84. The number of hydrogen-bond acceptors (Lipinski definition) is 6. The van der Waals surface area contributed by atoms with E-state index in [1.807, 2.05) is 19.2 Å². The normalized spacial score (nSPS) is 16.2. The van der Waals surface area contributed by atoms with Gasteiger partial charge in [-0.25, -0.2) is 8.42 Å². The summed E-state index contributed by atoms with van der Waals surface area (Å²) < 4.78 is 31.4. The largest absolute Gasteiger partial charge is 0.364 e. The molecule has 3 rings (SSSR count). The number of pyridine rings is 1. The molecule has 2 aromatic heterocycles. The Hall–Kier alpha value is -2.46. The zero-order valence-corrected chi connectivity index (χ0v) is 17.7. The van der Waals surface area contributed by atoms with Crippen molar-refractivity contribution in [1.82, 2.24) is 24.7 Å². The van der Waals surface area contributed by atoms with E-state index in [0.717, 1.165) is 18.9 Å². The average Bonchev–Trinajstić information content (AvgIpc) is 3.21. The maximum absolute atomic E-state index is 12.6. The second-order valence-electron chi connectivity index (χ2n) is 6.92. The topological polar surface area (TPSA) is 104 Å². The monoisotopic (exact) mass is 420 g/mol. The van der Waals surface area contributed by atoms with Gasteiger partial charge in [0.2, 0.25) is 10.0 Å². The van der Waals surface area contributed by atoms with Gasteiger partial charge in [0.05, 0.1) is 5.69 Å². The Kier molecular flexibility index (Phi) is 7.21. The standard InChI is InChI=1S/C19H28N6O3S/c1-3-21-19(22-8-5-17-4-7-20-14-16(17)2)24-9-11-25(12-10-24)29(26,27)15-18-6-13-28-23-18/h4,6-7,13-14H,3,5,8-12,15H2,1-2H3,(H,21,22). The van der Waals surface area contributed by atoms with E-state index in [1.165, 1.54) is 21.7 Å². The van der Waals surface area contributed by atoms with Crippen LogP contribution in [0, 0.1) is 6.92 Å². The lowest BCUT2D eigenvalue weighted by molar-refractivity contribution is 0.260. The van der Waals surface area contributed by atoms with E-state index < -0.39 is 10.0 Å². The number of hydrogen-bond donors (Lipinski definition) is 1. The number of aryl methyl sites for hydroxylation is 1. The number of sulfonamides is 1. The van der Waals surface area contributed by atoms with Crippen LogP contribution in [-0.2, 0) is 22.2 Å². The summed E-state index contributed by atoms with van der Waals surface area (Å²) in [5, 5.41) is 7.02. The van der Waals surface area contributed by atoms with Gasteiger partial charge >= 0.3 is 0 Å². The van der Waals surface area contributed by atoms with Crippen LogP contribution in [0.15, 0.2) is 40.3 Å². The van der Waals surface area contributed by atoms with Gasteiger partial charge in [-0.2, -0.15) is 4.31 Å². The number of guanidine groups is 1. The highest BCUT2D eigenvalue weighted by Crippen LogP contribution is 2.13. The number of nitrogens with zero attached hydrogens (tertiary/aromatic N) is 5. The molecule has 0 radical (unpaired) electrons. The Balaban J connectivity index is 1.57. The SMILES string of the molecule is CCNC(=NCCc1ccncc1C)N1CCN(S(=O)(=O)Cc2ccon2)CC1. The zero-order chi connectivity index (χ0) is 20.7. The number of aromatic nitrogens is 2. The summed E-state index contributed by atoms with van der Waals surface area (Å²) >= 11 is 0. The summed E-state index contributed by atoms with van der Waals surface area (Å²) in [7, 11) is -3.41. The molecule has 0 aliphatic carbocycles. The van der Waals surface area contributed by atoms with Gasteiger partial charge in [0, 0.05) is 57.7 Å². The van der Waals surface area contributed by atoms with Gasteiger partial charge < -0.3 is 14.7 Å². The van der Waals surface area contributed by atoms with Crippen molar-refractivity contribution >= 4 is 16.0 Å². The van der Waals surface area contributed by atoms with E-state index in [-0.39, 0.29) is 5.75 Å². The predicted octanol–water partition coefficient (Wildman–Crippen LogP) is 1.03. The molecule has 1 fully saturated rings. The highest BCUT2D eigenvalue weighted by molar-refractivity contribution is 7.88. The molecule has 0 aromatic carbocycles. The molecular formula is C19H28N6O3S. The van der Waals surface area contributed by atoms with E-state index >= 15 is 0 Å². The third kappa shape index (κ3) is 5.77. The van der Waals surface area contributed by atoms with Crippen LogP contribution < -0.4 is 5.32 Å². The van der Waals surface area contributed by atoms with Crippen molar-refractivity contribution in [3.05, 3.63) is 47.6 Å². The maximum Gasteiger partial charge on any atom is 0.220 e. The summed E-state index contributed by atoms with van der Waals surface area (Å²) in [5.41, 5.74) is 2.83. The first-order chi connectivity index (χ1) is 14.0. The fraction of sp³-hybridized carbons (Fsp3) is 0.526. The first kappa shape index (κ1) is 21.3. The van der Waals surface area contributed by atoms with Crippen LogP contribution in [0.3, 0.4) is 0 Å². The van der Waals surface area contributed by atoms with Crippen LogP contribution in [0.5, 0.6) is 0 Å². The lowest BCUT2D eigenvalue weighted by atomic mass is 10.1. The molecule has 0 spiro atoms. The minimum absolute atomic E-state index is 0.136. The molecule has 1 saturated heterocycles. The van der Waals surface area contributed by atoms with Gasteiger partial charge in [-0.05, 0) is 37.5 Å². The number of nitrogens with one attached hydrogen (secondary N) is 1. The lowest BCUT2D eigenvalue weighted by Gasteiger charge is -2.35. The molecule has 0 atom stereocenters. The van der Waals surface area contributed by atoms with Gasteiger partial charge in [-0.1, -0.05) is 5.16 Å². The molecule has 9 nitrogen and oxygen atoms in total. The molecule has 1 aliphatic rings. The Morgan fingerprint density at radius 3 is 2.72 bits per heavy atom. The Morgan fingerprint density at radius 1 is 1.28 bits per heavy atom. The van der Waals surface area contributed by atoms with Gasteiger partial charge in [-0.3, -0.25) is 9.98 Å². The smallest absolute Gasteiger partial charge is 0.220 e. The molecule has 1 N–H and O–H groups in total. The fourth-order valence-corrected chi connectivity index (χ4v) is 4.68. The molecule has 0 unspecified atom stereocenters. The van der Waals surface area contributed by atoms with Crippen LogP contribution in [0.4, 0.5) is 0 Å². The van der Waals surface area contributed by atoms with Crippen LogP contribution in [0.25, 0.3) is 0 Å². The Labute approximate surface area is 171 Å². The van der Waals surface area contributed by atoms with Crippen LogP contribution >= 0.6 is 0 Å². The van der Waals surface area contributed by atoms with Gasteiger partial charge in [0.25, 0.3) is 0 Å². The number of piperazine rings is 1. The van der Waals surface area contributed by atoms with Crippen molar-refractivity contribution in [1.29, 1.82) is 0 Å². The summed E-state index contributed by atoms with van der Waals surface area (Å²) in [6, 6.07) is 3.60. The molecule has 1 aliphatic heterocycles. The van der Waals surface area contributed by atoms with Crippen LogP contribution in [0.1, 0.15) is 23.7 Å². The van der Waals surface area contributed by atoms with E-state index in [2.05, 4.69) is 27.3 Å². The summed E-state index contributed by atoms with van der Waals surface area (Å²) in [5.74, 6) is 0.691. The molecule has 2 aromatic rings. The number of aliphatic imine (C=N–C) groups is 1. The van der Waals surface area contributed by atoms with Gasteiger partial charge in [0.15, 0.2) is 5.96 Å². The van der Waals surface area contributed by atoms with Crippen molar-refractivity contribution in [2.75, 3.05) is 39.3 Å². The van der Waals surface area contributed by atoms with Crippen molar-refractivity contribution < 1.29 is 12.9 Å². The molecule has 158 valence electrons. The minimum atomic E-state index is -3.41. The van der Waals surface area contributed by atoms with E-state index in [0.29, 0.717) is 38.4 Å².